The minimum atomic E-state index is -0.679. The minimum Gasteiger partial charge on any atom is -0.462 e. The molecule has 1 N–H and O–H groups in total. The first-order chi connectivity index (χ1) is 8.50. The molecule has 0 aromatic heterocycles. The van der Waals surface area contributed by atoms with Crippen LogP contribution in [0.5, 0.6) is 0 Å². The van der Waals surface area contributed by atoms with E-state index in [0.717, 1.165) is 5.56 Å². The third-order valence-electron chi connectivity index (χ3n) is 3.21. The zero-order valence-electron chi connectivity index (χ0n) is 11.4. The number of esters is 1. The summed E-state index contributed by atoms with van der Waals surface area (Å²) < 4.78 is 5.03. The van der Waals surface area contributed by atoms with Crippen LogP contribution in [0.2, 0.25) is 0 Å². The van der Waals surface area contributed by atoms with Crippen LogP contribution in [-0.2, 0) is 11.2 Å². The van der Waals surface area contributed by atoms with Crippen molar-refractivity contribution < 1.29 is 14.6 Å². The largest absolute Gasteiger partial charge is 0.462 e. The van der Waals surface area contributed by atoms with Crippen molar-refractivity contribution >= 4 is 5.97 Å². The van der Waals surface area contributed by atoms with E-state index in [-0.39, 0.29) is 5.97 Å². The number of rotatable bonds is 6. The highest BCUT2D eigenvalue weighted by molar-refractivity contribution is 5.91. The number of carbonyl (C=O) groups is 1. The Balaban J connectivity index is 2.79. The zero-order chi connectivity index (χ0) is 13.6. The first-order valence-corrected chi connectivity index (χ1v) is 6.47. The molecule has 0 aliphatic rings. The lowest BCUT2D eigenvalue weighted by molar-refractivity contribution is 0.0460. The van der Waals surface area contributed by atoms with E-state index in [1.54, 1.807) is 13.0 Å². The molecule has 1 aromatic rings. The predicted octanol–water partition coefficient (Wildman–Crippen LogP) is 2.96. The fraction of sp³-hybridized carbons (Fsp3) is 0.533. The van der Waals surface area contributed by atoms with Crippen molar-refractivity contribution in [1.29, 1.82) is 0 Å². The molecule has 3 nitrogen and oxygen atoms in total. The van der Waals surface area contributed by atoms with E-state index in [9.17, 15) is 9.90 Å². The summed E-state index contributed by atoms with van der Waals surface area (Å²) in [5, 5.41) is 10.0. The van der Waals surface area contributed by atoms with Gasteiger partial charge >= 0.3 is 5.97 Å². The van der Waals surface area contributed by atoms with Crippen molar-refractivity contribution in [3.8, 4) is 0 Å². The van der Waals surface area contributed by atoms with Gasteiger partial charge in [-0.25, -0.2) is 4.79 Å². The van der Waals surface area contributed by atoms with Crippen molar-refractivity contribution in [2.75, 3.05) is 6.61 Å². The molecule has 0 bridgehead atoms. The predicted molar refractivity (Wildman–Crippen MR) is 71.6 cm³/mol. The Morgan fingerprint density at radius 1 is 1.33 bits per heavy atom. The average Bonchev–Trinajstić information content (AvgIpc) is 2.37. The van der Waals surface area contributed by atoms with E-state index < -0.39 is 5.60 Å². The van der Waals surface area contributed by atoms with Gasteiger partial charge in [-0.1, -0.05) is 25.1 Å². The number of carbonyl (C=O) groups excluding carboxylic acids is 1. The monoisotopic (exact) mass is 250 g/mol. The fourth-order valence-corrected chi connectivity index (χ4v) is 1.73. The number of aryl methyl sites for hydroxylation is 1. The molecular formula is C15H22O3. The highest BCUT2D eigenvalue weighted by Crippen LogP contribution is 2.20. The molecule has 100 valence electrons. The van der Waals surface area contributed by atoms with Crippen LogP contribution in [0.15, 0.2) is 24.3 Å². The van der Waals surface area contributed by atoms with E-state index in [0.29, 0.717) is 31.4 Å². The van der Waals surface area contributed by atoms with Crippen LogP contribution in [-0.4, -0.2) is 23.3 Å². The molecule has 0 aliphatic heterocycles. The molecule has 0 fully saturated rings. The lowest BCUT2D eigenvalue weighted by Gasteiger charge is -2.21. The fourth-order valence-electron chi connectivity index (χ4n) is 1.73. The smallest absolute Gasteiger partial charge is 0.338 e. The molecule has 0 radical (unpaired) electrons. The van der Waals surface area contributed by atoms with Gasteiger partial charge in [0.1, 0.15) is 0 Å². The maximum Gasteiger partial charge on any atom is 0.338 e. The maximum atomic E-state index is 11.8. The van der Waals surface area contributed by atoms with Crippen molar-refractivity contribution in [2.45, 2.75) is 45.6 Å². The molecule has 0 spiro atoms. The Hall–Kier alpha value is -1.35. The molecule has 3 heteroatoms. The highest BCUT2D eigenvalue weighted by atomic mass is 16.5. The topological polar surface area (TPSA) is 46.5 Å². The summed E-state index contributed by atoms with van der Waals surface area (Å²) in [6.07, 6.45) is 2.02. The molecule has 0 amide bonds. The molecule has 1 aromatic carbocycles. The normalized spacial score (nSPS) is 14.0. The van der Waals surface area contributed by atoms with Gasteiger partial charge in [-0.15, -0.1) is 0 Å². The Bertz CT molecular complexity index is 396. The van der Waals surface area contributed by atoms with Crippen LogP contribution in [0.25, 0.3) is 0 Å². The van der Waals surface area contributed by atoms with Gasteiger partial charge in [0.25, 0.3) is 0 Å². The van der Waals surface area contributed by atoms with Crippen molar-refractivity contribution in [3.05, 3.63) is 35.4 Å². The molecule has 1 unspecified atom stereocenters. The van der Waals surface area contributed by atoms with Crippen molar-refractivity contribution in [1.82, 2.24) is 0 Å². The van der Waals surface area contributed by atoms with Crippen LogP contribution >= 0.6 is 0 Å². The van der Waals surface area contributed by atoms with Crippen molar-refractivity contribution in [2.24, 2.45) is 0 Å². The third-order valence-corrected chi connectivity index (χ3v) is 3.21. The number of aliphatic hydroxyl groups is 1. The van der Waals surface area contributed by atoms with E-state index in [2.05, 4.69) is 0 Å². The van der Waals surface area contributed by atoms with Crippen molar-refractivity contribution in [3.63, 3.8) is 0 Å². The van der Waals surface area contributed by atoms with Gasteiger partial charge in [0.15, 0.2) is 0 Å². The molecule has 0 aliphatic carbocycles. The lowest BCUT2D eigenvalue weighted by Crippen LogP contribution is -2.23. The van der Waals surface area contributed by atoms with Gasteiger partial charge in [0.05, 0.1) is 17.8 Å². The maximum absolute atomic E-state index is 11.8. The Kier molecular flexibility index (Phi) is 5.35. The summed E-state index contributed by atoms with van der Waals surface area (Å²) >= 11 is 0. The second-order valence-corrected chi connectivity index (χ2v) is 4.73. The number of benzene rings is 1. The summed E-state index contributed by atoms with van der Waals surface area (Å²) in [4.78, 5) is 11.8. The standard InChI is InChI=1S/C15H22O3/c1-4-15(3,17)11-10-12-8-6-7-9-13(12)14(16)18-5-2/h6-9,17H,4-5,10-11H2,1-3H3. The van der Waals surface area contributed by atoms with Gasteiger partial charge in [0, 0.05) is 0 Å². The van der Waals surface area contributed by atoms with Crippen LogP contribution in [0.1, 0.15) is 49.5 Å². The Labute approximate surface area is 109 Å². The van der Waals surface area contributed by atoms with E-state index in [1.807, 2.05) is 32.0 Å². The van der Waals surface area contributed by atoms with Crippen LogP contribution < -0.4 is 0 Å². The summed E-state index contributed by atoms with van der Waals surface area (Å²) in [6.45, 7) is 5.94. The molecule has 0 saturated heterocycles. The first kappa shape index (κ1) is 14.7. The van der Waals surface area contributed by atoms with Gasteiger partial charge in [0.2, 0.25) is 0 Å². The van der Waals surface area contributed by atoms with Crippen LogP contribution in [0.4, 0.5) is 0 Å². The summed E-state index contributed by atoms with van der Waals surface area (Å²) in [7, 11) is 0. The van der Waals surface area contributed by atoms with Gasteiger partial charge in [-0.05, 0) is 44.7 Å². The first-order valence-electron chi connectivity index (χ1n) is 6.47. The SMILES string of the molecule is CCOC(=O)c1ccccc1CCC(C)(O)CC. The average molecular weight is 250 g/mol. The molecule has 1 atom stereocenters. The second kappa shape index (κ2) is 6.55. The minimum absolute atomic E-state index is 0.288. The Morgan fingerprint density at radius 2 is 2.00 bits per heavy atom. The van der Waals surface area contributed by atoms with Gasteiger partial charge < -0.3 is 9.84 Å². The van der Waals surface area contributed by atoms with Gasteiger partial charge in [-0.3, -0.25) is 0 Å². The highest BCUT2D eigenvalue weighted by Gasteiger charge is 2.19. The van der Waals surface area contributed by atoms with Crippen LogP contribution in [0.3, 0.4) is 0 Å². The summed E-state index contributed by atoms with van der Waals surface area (Å²) in [5.41, 5.74) is 0.859. The quantitative estimate of drug-likeness (QED) is 0.790. The van der Waals surface area contributed by atoms with E-state index in [1.165, 1.54) is 0 Å². The molecule has 0 saturated carbocycles. The lowest BCUT2D eigenvalue weighted by atomic mass is 9.92. The number of ether oxygens (including phenoxy) is 1. The van der Waals surface area contributed by atoms with E-state index >= 15 is 0 Å². The summed E-state index contributed by atoms with van der Waals surface area (Å²) in [5.74, 6) is -0.288. The summed E-state index contributed by atoms with van der Waals surface area (Å²) in [6, 6.07) is 7.42. The molecular weight excluding hydrogens is 228 g/mol. The Morgan fingerprint density at radius 3 is 2.61 bits per heavy atom. The number of hydrogen-bond acceptors (Lipinski definition) is 3. The zero-order valence-corrected chi connectivity index (χ0v) is 11.4. The second-order valence-electron chi connectivity index (χ2n) is 4.73. The van der Waals surface area contributed by atoms with Crippen LogP contribution in [0, 0.1) is 0 Å². The number of hydrogen-bond donors (Lipinski definition) is 1. The van der Waals surface area contributed by atoms with Gasteiger partial charge in [-0.2, -0.15) is 0 Å². The molecule has 0 heterocycles. The van der Waals surface area contributed by atoms with E-state index in [4.69, 9.17) is 4.74 Å². The molecule has 18 heavy (non-hydrogen) atoms. The third kappa shape index (κ3) is 4.15. The molecule has 1 rings (SSSR count).